The summed E-state index contributed by atoms with van der Waals surface area (Å²) in [5.41, 5.74) is 1.08. The van der Waals surface area contributed by atoms with Crippen molar-refractivity contribution < 1.29 is 10.2 Å². The number of aliphatic hydroxyl groups is 1. The molecule has 1 aliphatic carbocycles. The van der Waals surface area contributed by atoms with E-state index in [0.717, 1.165) is 24.8 Å². The fourth-order valence-corrected chi connectivity index (χ4v) is 2.97. The van der Waals surface area contributed by atoms with Crippen molar-refractivity contribution in [2.24, 2.45) is 5.92 Å². The molecule has 0 bridgehead atoms. The molecule has 1 saturated carbocycles. The van der Waals surface area contributed by atoms with Crippen LogP contribution in [-0.2, 0) is 0 Å². The predicted molar refractivity (Wildman–Crippen MR) is 67.9 cm³/mol. The molecule has 3 unspecified atom stereocenters. The Labute approximate surface area is 103 Å². The smallest absolute Gasteiger partial charge is 0.115 e. The zero-order valence-corrected chi connectivity index (χ0v) is 10.5. The van der Waals surface area contributed by atoms with Crippen molar-refractivity contribution in [1.82, 2.24) is 4.90 Å². The minimum atomic E-state index is -0.218. The zero-order chi connectivity index (χ0) is 12.4. The van der Waals surface area contributed by atoms with E-state index in [1.165, 1.54) is 0 Å². The number of hydrogen-bond acceptors (Lipinski definition) is 3. The second-order valence-corrected chi connectivity index (χ2v) is 5.17. The van der Waals surface area contributed by atoms with Crippen LogP contribution >= 0.6 is 0 Å². The lowest BCUT2D eigenvalue weighted by Gasteiger charge is -2.32. The van der Waals surface area contributed by atoms with Gasteiger partial charge in [-0.05, 0) is 44.6 Å². The Hall–Kier alpha value is -1.06. The first-order valence-corrected chi connectivity index (χ1v) is 6.23. The van der Waals surface area contributed by atoms with E-state index in [9.17, 15) is 10.2 Å². The first kappa shape index (κ1) is 12.4. The van der Waals surface area contributed by atoms with Crippen LogP contribution in [0.4, 0.5) is 0 Å². The molecule has 1 aliphatic rings. The number of rotatable bonds is 3. The lowest BCUT2D eigenvalue weighted by Crippen LogP contribution is -2.31. The molecule has 17 heavy (non-hydrogen) atoms. The lowest BCUT2D eigenvalue weighted by molar-refractivity contribution is 0.0765. The summed E-state index contributed by atoms with van der Waals surface area (Å²) in [6, 6.07) is 7.55. The Kier molecular flexibility index (Phi) is 3.69. The number of benzene rings is 1. The first-order valence-electron chi connectivity index (χ1n) is 6.23. The Morgan fingerprint density at radius 3 is 2.59 bits per heavy atom. The van der Waals surface area contributed by atoms with Crippen LogP contribution in [0.1, 0.15) is 30.9 Å². The van der Waals surface area contributed by atoms with Crippen LogP contribution in [0.3, 0.4) is 0 Å². The summed E-state index contributed by atoms with van der Waals surface area (Å²) >= 11 is 0. The summed E-state index contributed by atoms with van der Waals surface area (Å²) in [4.78, 5) is 2.13. The average Bonchev–Trinajstić information content (AvgIpc) is 2.65. The summed E-state index contributed by atoms with van der Waals surface area (Å²) in [7, 11) is 4.06. The molecule has 1 aromatic rings. The molecular weight excluding hydrogens is 214 g/mol. The van der Waals surface area contributed by atoms with Gasteiger partial charge in [-0.2, -0.15) is 0 Å². The van der Waals surface area contributed by atoms with Gasteiger partial charge in [0.2, 0.25) is 0 Å². The molecule has 0 aliphatic heterocycles. The van der Waals surface area contributed by atoms with Crippen LogP contribution in [0.2, 0.25) is 0 Å². The summed E-state index contributed by atoms with van der Waals surface area (Å²) < 4.78 is 0. The van der Waals surface area contributed by atoms with Gasteiger partial charge in [0.1, 0.15) is 5.75 Å². The predicted octanol–water partition coefficient (Wildman–Crippen LogP) is 2.16. The topological polar surface area (TPSA) is 43.7 Å². The Morgan fingerprint density at radius 2 is 2.06 bits per heavy atom. The minimum absolute atomic E-state index is 0.180. The van der Waals surface area contributed by atoms with Crippen molar-refractivity contribution in [3.8, 4) is 5.75 Å². The number of aromatic hydroxyl groups is 1. The molecule has 0 heterocycles. The molecule has 3 nitrogen and oxygen atoms in total. The van der Waals surface area contributed by atoms with Gasteiger partial charge in [0.25, 0.3) is 0 Å². The number of phenols is 1. The van der Waals surface area contributed by atoms with E-state index in [-0.39, 0.29) is 18.1 Å². The average molecular weight is 235 g/mol. The van der Waals surface area contributed by atoms with Crippen molar-refractivity contribution in [3.05, 3.63) is 29.8 Å². The van der Waals surface area contributed by atoms with Crippen molar-refractivity contribution in [2.75, 3.05) is 14.1 Å². The maximum Gasteiger partial charge on any atom is 0.115 e. The lowest BCUT2D eigenvalue weighted by atomic mass is 9.89. The summed E-state index contributed by atoms with van der Waals surface area (Å²) in [6.45, 7) is 0. The quantitative estimate of drug-likeness (QED) is 0.843. The van der Waals surface area contributed by atoms with Gasteiger partial charge in [-0.3, -0.25) is 0 Å². The third kappa shape index (κ3) is 2.61. The third-order valence-corrected chi connectivity index (χ3v) is 3.71. The van der Waals surface area contributed by atoms with Gasteiger partial charge in [-0.15, -0.1) is 0 Å². The van der Waals surface area contributed by atoms with E-state index in [1.54, 1.807) is 12.1 Å². The van der Waals surface area contributed by atoms with Gasteiger partial charge in [-0.25, -0.2) is 0 Å². The Morgan fingerprint density at radius 1 is 1.29 bits per heavy atom. The molecule has 3 atom stereocenters. The maximum absolute atomic E-state index is 10.0. The Balaban J connectivity index is 2.28. The molecule has 0 aromatic heterocycles. The number of phenolic OH excluding ortho intramolecular Hbond substituents is 1. The van der Waals surface area contributed by atoms with Crippen LogP contribution in [0.25, 0.3) is 0 Å². The van der Waals surface area contributed by atoms with Crippen LogP contribution in [0, 0.1) is 5.92 Å². The largest absolute Gasteiger partial charge is 0.508 e. The highest BCUT2D eigenvalue weighted by Crippen LogP contribution is 2.39. The highest BCUT2D eigenvalue weighted by atomic mass is 16.3. The van der Waals surface area contributed by atoms with Gasteiger partial charge in [0.05, 0.1) is 6.10 Å². The van der Waals surface area contributed by atoms with E-state index in [0.29, 0.717) is 5.75 Å². The second kappa shape index (κ2) is 5.07. The summed E-state index contributed by atoms with van der Waals surface area (Å²) in [5, 5.41) is 19.6. The normalized spacial score (nSPS) is 26.4. The molecule has 94 valence electrons. The van der Waals surface area contributed by atoms with E-state index in [1.807, 2.05) is 26.2 Å². The molecule has 1 aromatic carbocycles. The van der Waals surface area contributed by atoms with Crippen LogP contribution in [-0.4, -0.2) is 35.3 Å². The fraction of sp³-hybridized carbons (Fsp3) is 0.571. The molecule has 0 amide bonds. The Bertz CT molecular complexity index is 378. The van der Waals surface area contributed by atoms with Gasteiger partial charge < -0.3 is 15.1 Å². The molecule has 3 heteroatoms. The highest BCUT2D eigenvalue weighted by molar-refractivity contribution is 5.30. The van der Waals surface area contributed by atoms with Crippen molar-refractivity contribution in [1.29, 1.82) is 0 Å². The molecule has 0 radical (unpaired) electrons. The van der Waals surface area contributed by atoms with Crippen LogP contribution < -0.4 is 0 Å². The van der Waals surface area contributed by atoms with E-state index < -0.39 is 0 Å². The third-order valence-electron chi connectivity index (χ3n) is 3.71. The molecule has 0 saturated heterocycles. The molecule has 0 spiro atoms. The number of nitrogens with zero attached hydrogens (tertiary/aromatic N) is 1. The van der Waals surface area contributed by atoms with Crippen LogP contribution in [0.15, 0.2) is 24.3 Å². The zero-order valence-electron chi connectivity index (χ0n) is 10.5. The van der Waals surface area contributed by atoms with E-state index >= 15 is 0 Å². The minimum Gasteiger partial charge on any atom is -0.508 e. The van der Waals surface area contributed by atoms with Crippen LogP contribution in [0.5, 0.6) is 5.75 Å². The van der Waals surface area contributed by atoms with E-state index in [4.69, 9.17) is 0 Å². The van der Waals surface area contributed by atoms with Crippen molar-refractivity contribution in [2.45, 2.75) is 31.4 Å². The van der Waals surface area contributed by atoms with Gasteiger partial charge >= 0.3 is 0 Å². The van der Waals surface area contributed by atoms with Crippen molar-refractivity contribution >= 4 is 0 Å². The number of hydrogen-bond donors (Lipinski definition) is 2. The number of aliphatic hydroxyl groups excluding tert-OH is 1. The standard InChI is InChI=1S/C14H21NO2/c1-15(2)14(12-7-4-8-13(12)17)10-5-3-6-11(16)9-10/h3,5-6,9,12-14,16-17H,4,7-8H2,1-2H3. The second-order valence-electron chi connectivity index (χ2n) is 5.17. The van der Waals surface area contributed by atoms with Crippen molar-refractivity contribution in [3.63, 3.8) is 0 Å². The molecule has 1 fully saturated rings. The SMILES string of the molecule is CN(C)C(c1cccc(O)c1)C1CCCC1O. The van der Waals surface area contributed by atoms with E-state index in [2.05, 4.69) is 4.90 Å². The maximum atomic E-state index is 10.0. The molecular formula is C14H21NO2. The molecule has 2 rings (SSSR count). The highest BCUT2D eigenvalue weighted by Gasteiger charge is 2.34. The van der Waals surface area contributed by atoms with Gasteiger partial charge in [0.15, 0.2) is 0 Å². The van der Waals surface area contributed by atoms with Gasteiger partial charge in [-0.1, -0.05) is 18.6 Å². The summed E-state index contributed by atoms with van der Waals surface area (Å²) in [6.07, 6.45) is 2.83. The monoisotopic (exact) mass is 235 g/mol. The summed E-state index contributed by atoms with van der Waals surface area (Å²) in [5.74, 6) is 0.564. The first-order chi connectivity index (χ1) is 8.09. The fourth-order valence-electron chi connectivity index (χ4n) is 2.97. The molecule has 2 N–H and O–H groups in total. The van der Waals surface area contributed by atoms with Gasteiger partial charge in [0, 0.05) is 12.0 Å².